The molecule has 0 saturated heterocycles. The SMILES string of the molecule is NC(=S)c1cc(Cl)ccc1OCCc1ccccn1. The molecule has 0 unspecified atom stereocenters. The minimum atomic E-state index is 0.273. The number of hydrogen-bond acceptors (Lipinski definition) is 3. The van der Waals surface area contributed by atoms with Gasteiger partial charge in [0, 0.05) is 23.3 Å². The maximum Gasteiger partial charge on any atom is 0.129 e. The van der Waals surface area contributed by atoms with Gasteiger partial charge >= 0.3 is 0 Å². The van der Waals surface area contributed by atoms with E-state index in [1.807, 2.05) is 18.2 Å². The lowest BCUT2D eigenvalue weighted by Crippen LogP contribution is -2.13. The van der Waals surface area contributed by atoms with Gasteiger partial charge < -0.3 is 10.5 Å². The highest BCUT2D eigenvalue weighted by atomic mass is 35.5. The Kier molecular flexibility index (Phi) is 4.71. The minimum Gasteiger partial charge on any atom is -0.492 e. The zero-order valence-electron chi connectivity index (χ0n) is 10.2. The third-order valence-corrected chi connectivity index (χ3v) is 3.00. The Morgan fingerprint density at radius 3 is 2.84 bits per heavy atom. The summed E-state index contributed by atoms with van der Waals surface area (Å²) in [7, 11) is 0. The summed E-state index contributed by atoms with van der Waals surface area (Å²) in [4.78, 5) is 4.50. The standard InChI is InChI=1S/C14H13ClN2OS/c15-10-4-5-13(12(9-10)14(16)19)18-8-6-11-3-1-2-7-17-11/h1-5,7,9H,6,8H2,(H2,16,19). The van der Waals surface area contributed by atoms with E-state index < -0.39 is 0 Å². The van der Waals surface area contributed by atoms with E-state index in [-0.39, 0.29) is 4.99 Å². The predicted molar refractivity (Wildman–Crippen MR) is 80.8 cm³/mol. The summed E-state index contributed by atoms with van der Waals surface area (Å²) < 4.78 is 5.69. The number of nitrogens with zero attached hydrogens (tertiary/aromatic N) is 1. The number of benzene rings is 1. The van der Waals surface area contributed by atoms with Crippen LogP contribution >= 0.6 is 23.8 Å². The smallest absolute Gasteiger partial charge is 0.129 e. The Morgan fingerprint density at radius 1 is 1.32 bits per heavy atom. The molecule has 0 fully saturated rings. The van der Waals surface area contributed by atoms with Crippen molar-refractivity contribution in [2.45, 2.75) is 6.42 Å². The molecule has 1 aromatic heterocycles. The summed E-state index contributed by atoms with van der Waals surface area (Å²) in [5.41, 5.74) is 7.28. The lowest BCUT2D eigenvalue weighted by molar-refractivity contribution is 0.320. The van der Waals surface area contributed by atoms with Gasteiger partial charge in [-0.3, -0.25) is 4.98 Å². The van der Waals surface area contributed by atoms with Gasteiger partial charge in [-0.15, -0.1) is 0 Å². The highest BCUT2D eigenvalue weighted by Crippen LogP contribution is 2.23. The molecule has 0 aliphatic rings. The lowest BCUT2D eigenvalue weighted by atomic mass is 10.2. The van der Waals surface area contributed by atoms with Crippen molar-refractivity contribution in [3.63, 3.8) is 0 Å². The first kappa shape index (κ1) is 13.8. The Labute approximate surface area is 122 Å². The number of aromatic nitrogens is 1. The summed E-state index contributed by atoms with van der Waals surface area (Å²) in [5.74, 6) is 0.646. The van der Waals surface area contributed by atoms with Crippen molar-refractivity contribution >= 4 is 28.8 Å². The maximum absolute atomic E-state index is 5.91. The van der Waals surface area contributed by atoms with E-state index >= 15 is 0 Å². The van der Waals surface area contributed by atoms with Crippen LogP contribution in [0.2, 0.25) is 5.02 Å². The van der Waals surface area contributed by atoms with Crippen LogP contribution in [-0.4, -0.2) is 16.6 Å². The minimum absolute atomic E-state index is 0.273. The third kappa shape index (κ3) is 3.91. The van der Waals surface area contributed by atoms with Crippen molar-refractivity contribution in [1.82, 2.24) is 4.98 Å². The number of hydrogen-bond donors (Lipinski definition) is 1. The highest BCUT2D eigenvalue weighted by molar-refractivity contribution is 7.80. The molecule has 0 radical (unpaired) electrons. The normalized spacial score (nSPS) is 10.2. The van der Waals surface area contributed by atoms with Gasteiger partial charge in [0.05, 0.1) is 12.2 Å². The summed E-state index contributed by atoms with van der Waals surface area (Å²) in [6.07, 6.45) is 2.48. The van der Waals surface area contributed by atoms with Crippen LogP contribution in [0.1, 0.15) is 11.3 Å². The Morgan fingerprint density at radius 2 is 2.16 bits per heavy atom. The van der Waals surface area contributed by atoms with Crippen LogP contribution in [-0.2, 0) is 6.42 Å². The Balaban J connectivity index is 2.02. The van der Waals surface area contributed by atoms with Crippen LogP contribution in [0.5, 0.6) is 5.75 Å². The molecule has 2 rings (SSSR count). The molecule has 1 aromatic carbocycles. The largest absolute Gasteiger partial charge is 0.492 e. The maximum atomic E-state index is 5.91. The van der Waals surface area contributed by atoms with Crippen molar-refractivity contribution in [3.05, 3.63) is 58.9 Å². The van der Waals surface area contributed by atoms with E-state index in [1.54, 1.807) is 24.4 Å². The van der Waals surface area contributed by atoms with Crippen molar-refractivity contribution < 1.29 is 4.74 Å². The van der Waals surface area contributed by atoms with Crippen molar-refractivity contribution in [2.75, 3.05) is 6.61 Å². The second kappa shape index (κ2) is 6.50. The van der Waals surface area contributed by atoms with Gasteiger partial charge in [0.1, 0.15) is 10.7 Å². The summed E-state index contributed by atoms with van der Waals surface area (Å²) in [5, 5.41) is 0.583. The van der Waals surface area contributed by atoms with E-state index in [1.165, 1.54) is 0 Å². The number of nitrogens with two attached hydrogens (primary N) is 1. The first-order chi connectivity index (χ1) is 9.16. The van der Waals surface area contributed by atoms with Gasteiger partial charge in [-0.05, 0) is 30.3 Å². The van der Waals surface area contributed by atoms with Crippen molar-refractivity contribution in [2.24, 2.45) is 5.73 Å². The third-order valence-electron chi connectivity index (χ3n) is 2.55. The fraction of sp³-hybridized carbons (Fsp3) is 0.143. The quantitative estimate of drug-likeness (QED) is 0.861. The fourth-order valence-electron chi connectivity index (χ4n) is 1.63. The van der Waals surface area contributed by atoms with Gasteiger partial charge in [0.2, 0.25) is 0 Å². The molecule has 19 heavy (non-hydrogen) atoms. The van der Waals surface area contributed by atoms with Crippen LogP contribution in [0, 0.1) is 0 Å². The molecule has 0 saturated carbocycles. The van der Waals surface area contributed by atoms with Crippen molar-refractivity contribution in [1.29, 1.82) is 0 Å². The zero-order valence-corrected chi connectivity index (χ0v) is 11.7. The summed E-state index contributed by atoms with van der Waals surface area (Å²) >= 11 is 10.9. The molecule has 3 nitrogen and oxygen atoms in total. The molecule has 0 amide bonds. The highest BCUT2D eigenvalue weighted by Gasteiger charge is 2.07. The van der Waals surface area contributed by atoms with E-state index in [0.29, 0.717) is 22.9 Å². The van der Waals surface area contributed by atoms with Crippen LogP contribution in [0.4, 0.5) is 0 Å². The van der Waals surface area contributed by atoms with Crippen LogP contribution < -0.4 is 10.5 Å². The van der Waals surface area contributed by atoms with Gasteiger partial charge in [-0.2, -0.15) is 0 Å². The van der Waals surface area contributed by atoms with Crippen LogP contribution in [0.3, 0.4) is 0 Å². The first-order valence-electron chi connectivity index (χ1n) is 5.79. The van der Waals surface area contributed by atoms with Crippen LogP contribution in [0.15, 0.2) is 42.6 Å². The molecule has 5 heteroatoms. The average molecular weight is 293 g/mol. The number of thiocarbonyl (C=S) groups is 1. The monoisotopic (exact) mass is 292 g/mol. The van der Waals surface area contributed by atoms with E-state index in [2.05, 4.69) is 4.98 Å². The topological polar surface area (TPSA) is 48.1 Å². The van der Waals surface area contributed by atoms with Gasteiger partial charge in [-0.1, -0.05) is 29.9 Å². The molecule has 1 heterocycles. The first-order valence-corrected chi connectivity index (χ1v) is 6.57. The second-order valence-corrected chi connectivity index (χ2v) is 4.80. The predicted octanol–water partition coefficient (Wildman–Crippen LogP) is 2.99. The molecule has 0 bridgehead atoms. The number of rotatable bonds is 5. The summed E-state index contributed by atoms with van der Waals surface area (Å²) in [6, 6.07) is 11.0. The molecule has 2 N–H and O–H groups in total. The van der Waals surface area contributed by atoms with Crippen LogP contribution in [0.25, 0.3) is 0 Å². The Bertz CT molecular complexity index is 575. The number of ether oxygens (including phenoxy) is 1. The molecule has 0 spiro atoms. The second-order valence-electron chi connectivity index (χ2n) is 3.92. The van der Waals surface area contributed by atoms with Crippen molar-refractivity contribution in [3.8, 4) is 5.75 Å². The number of pyridine rings is 1. The van der Waals surface area contributed by atoms with Gasteiger partial charge in [0.25, 0.3) is 0 Å². The van der Waals surface area contributed by atoms with E-state index in [4.69, 9.17) is 34.3 Å². The van der Waals surface area contributed by atoms with E-state index in [9.17, 15) is 0 Å². The fourth-order valence-corrected chi connectivity index (χ4v) is 1.96. The molecule has 98 valence electrons. The molecule has 0 aliphatic carbocycles. The molecule has 2 aromatic rings. The summed E-state index contributed by atoms with van der Waals surface area (Å²) in [6.45, 7) is 0.508. The molecular weight excluding hydrogens is 280 g/mol. The zero-order chi connectivity index (χ0) is 13.7. The molecule has 0 atom stereocenters. The lowest BCUT2D eigenvalue weighted by Gasteiger charge is -2.10. The Hall–Kier alpha value is -1.65. The van der Waals surface area contributed by atoms with E-state index in [0.717, 1.165) is 12.1 Å². The number of halogens is 1. The molecular formula is C14H13ClN2OS. The average Bonchev–Trinajstić information content (AvgIpc) is 2.41. The van der Waals surface area contributed by atoms with Gasteiger partial charge in [-0.25, -0.2) is 0 Å². The van der Waals surface area contributed by atoms with Gasteiger partial charge in [0.15, 0.2) is 0 Å². The molecule has 0 aliphatic heterocycles.